The summed E-state index contributed by atoms with van der Waals surface area (Å²) in [6.45, 7) is 3.67. The van der Waals surface area contributed by atoms with Crippen molar-refractivity contribution < 1.29 is 19.3 Å². The van der Waals surface area contributed by atoms with Gasteiger partial charge in [-0.1, -0.05) is 35.9 Å². The first-order valence-electron chi connectivity index (χ1n) is 13.1. The lowest BCUT2D eigenvalue weighted by Crippen LogP contribution is -2.30. The van der Waals surface area contributed by atoms with E-state index in [1.807, 2.05) is 13.0 Å². The molecule has 0 bridgehead atoms. The van der Waals surface area contributed by atoms with Crippen molar-refractivity contribution in [3.8, 4) is 0 Å². The molecule has 1 unspecified atom stereocenters. The van der Waals surface area contributed by atoms with Gasteiger partial charge in [0.2, 0.25) is 5.91 Å². The molecule has 0 saturated carbocycles. The van der Waals surface area contributed by atoms with E-state index in [-0.39, 0.29) is 17.3 Å². The summed E-state index contributed by atoms with van der Waals surface area (Å²) < 4.78 is 0. The second kappa shape index (κ2) is 14.3. The van der Waals surface area contributed by atoms with Crippen molar-refractivity contribution in [3.05, 3.63) is 135 Å². The molecule has 11 heteroatoms. The fraction of sp³-hybridized carbons (Fsp3) is 0.0938. The van der Waals surface area contributed by atoms with Gasteiger partial charge >= 0.3 is 0 Å². The number of nitro groups is 1. The Bertz CT molecular complexity index is 1680. The Balaban J connectivity index is 1.44. The number of aryl methyl sites for hydroxylation is 1. The van der Waals surface area contributed by atoms with Gasteiger partial charge in [-0.2, -0.15) is 0 Å². The van der Waals surface area contributed by atoms with Crippen molar-refractivity contribution in [1.29, 1.82) is 0 Å². The fourth-order valence-electron chi connectivity index (χ4n) is 3.79. The van der Waals surface area contributed by atoms with Gasteiger partial charge in [-0.15, -0.1) is 11.8 Å². The maximum absolute atomic E-state index is 13.3. The molecule has 0 aliphatic carbocycles. The molecule has 0 aromatic heterocycles. The standard InChI is InChI=1S/C32H27ClN4O5S/c1-20-8-11-25(19-28(20)33)35-30(38)21(2)43-27-16-12-24(13-17-27)34-32(40)29(36-31(39)23-6-4-3-5-7-23)18-22-9-14-26(15-10-22)37(41)42/h3-19,21H,1-2H3,(H,34,40)(H,35,38)(H,36,39)/b29-18-. The first-order valence-corrected chi connectivity index (χ1v) is 14.3. The van der Waals surface area contributed by atoms with Crippen LogP contribution in [-0.4, -0.2) is 27.9 Å². The molecular weight excluding hydrogens is 588 g/mol. The lowest BCUT2D eigenvalue weighted by atomic mass is 10.1. The lowest BCUT2D eigenvalue weighted by molar-refractivity contribution is -0.384. The highest BCUT2D eigenvalue weighted by atomic mass is 35.5. The maximum atomic E-state index is 13.3. The monoisotopic (exact) mass is 614 g/mol. The van der Waals surface area contributed by atoms with Gasteiger partial charge in [0, 0.05) is 39.0 Å². The van der Waals surface area contributed by atoms with E-state index in [1.165, 1.54) is 42.1 Å². The highest BCUT2D eigenvalue weighted by molar-refractivity contribution is 8.00. The van der Waals surface area contributed by atoms with Gasteiger partial charge < -0.3 is 16.0 Å². The summed E-state index contributed by atoms with van der Waals surface area (Å²) in [7, 11) is 0. The SMILES string of the molecule is Cc1ccc(NC(=O)C(C)Sc2ccc(NC(=O)/C(=C/c3ccc([N+](=O)[O-])cc3)NC(=O)c3ccccc3)cc2)cc1Cl. The van der Waals surface area contributed by atoms with Crippen LogP contribution < -0.4 is 16.0 Å². The molecule has 3 N–H and O–H groups in total. The van der Waals surface area contributed by atoms with E-state index >= 15 is 0 Å². The van der Waals surface area contributed by atoms with Gasteiger partial charge in [0.25, 0.3) is 17.5 Å². The lowest BCUT2D eigenvalue weighted by Gasteiger charge is -2.14. The third kappa shape index (κ3) is 8.78. The molecule has 0 aliphatic heterocycles. The molecule has 0 heterocycles. The van der Waals surface area contributed by atoms with Crippen LogP contribution in [-0.2, 0) is 9.59 Å². The Labute approximate surface area is 257 Å². The Morgan fingerprint density at radius 3 is 2.16 bits per heavy atom. The van der Waals surface area contributed by atoms with Crippen molar-refractivity contribution in [3.63, 3.8) is 0 Å². The van der Waals surface area contributed by atoms with Gasteiger partial charge in [-0.3, -0.25) is 24.5 Å². The minimum atomic E-state index is -0.590. The number of hydrogen-bond donors (Lipinski definition) is 3. The van der Waals surface area contributed by atoms with Crippen LogP contribution in [0.5, 0.6) is 0 Å². The summed E-state index contributed by atoms with van der Waals surface area (Å²) in [6.07, 6.45) is 1.44. The molecule has 3 amide bonds. The number of carbonyl (C=O) groups excluding carboxylic acids is 3. The number of carbonyl (C=O) groups is 3. The fourth-order valence-corrected chi connectivity index (χ4v) is 4.84. The number of nitrogens with zero attached hydrogens (tertiary/aromatic N) is 1. The van der Waals surface area contributed by atoms with Crippen molar-refractivity contribution in [2.75, 3.05) is 10.6 Å². The second-order valence-corrected chi connectivity index (χ2v) is 11.2. The van der Waals surface area contributed by atoms with E-state index in [2.05, 4.69) is 16.0 Å². The maximum Gasteiger partial charge on any atom is 0.272 e. The normalized spacial score (nSPS) is 11.7. The Hall–Kier alpha value is -4.93. The first kappa shape index (κ1) is 31.0. The number of thioether (sulfide) groups is 1. The largest absolute Gasteiger partial charge is 0.325 e. The van der Waals surface area contributed by atoms with Crippen molar-refractivity contribution in [1.82, 2.24) is 5.32 Å². The van der Waals surface area contributed by atoms with Gasteiger partial charge in [0.05, 0.1) is 10.2 Å². The van der Waals surface area contributed by atoms with Crippen LogP contribution in [0.25, 0.3) is 6.08 Å². The molecule has 0 saturated heterocycles. The Morgan fingerprint density at radius 1 is 0.884 bits per heavy atom. The predicted octanol–water partition coefficient (Wildman–Crippen LogP) is 7.09. The minimum absolute atomic E-state index is 0.0531. The highest BCUT2D eigenvalue weighted by Crippen LogP contribution is 2.27. The van der Waals surface area contributed by atoms with Gasteiger partial charge in [-0.25, -0.2) is 0 Å². The van der Waals surface area contributed by atoms with Gasteiger partial charge in [0.1, 0.15) is 5.70 Å². The predicted molar refractivity (Wildman–Crippen MR) is 170 cm³/mol. The van der Waals surface area contributed by atoms with Crippen LogP contribution in [0.1, 0.15) is 28.4 Å². The number of nitro benzene ring substituents is 1. The summed E-state index contributed by atoms with van der Waals surface area (Å²) in [5, 5.41) is 19.4. The number of halogens is 1. The van der Waals surface area contributed by atoms with Gasteiger partial charge in [0.15, 0.2) is 0 Å². The van der Waals surface area contributed by atoms with Crippen LogP contribution in [0, 0.1) is 17.0 Å². The number of nitrogens with one attached hydrogen (secondary N) is 3. The van der Waals surface area contributed by atoms with Crippen molar-refractivity contribution in [2.24, 2.45) is 0 Å². The zero-order chi connectivity index (χ0) is 30.9. The van der Waals surface area contributed by atoms with Crippen LogP contribution >= 0.6 is 23.4 Å². The molecule has 4 aromatic carbocycles. The van der Waals surface area contributed by atoms with Gasteiger partial charge in [-0.05, 0) is 91.7 Å². The smallest absolute Gasteiger partial charge is 0.272 e. The molecule has 9 nitrogen and oxygen atoms in total. The molecule has 0 aliphatic rings. The molecule has 4 rings (SSSR count). The van der Waals surface area contributed by atoms with Crippen LogP contribution in [0.15, 0.2) is 108 Å². The zero-order valence-electron chi connectivity index (χ0n) is 23.2. The number of rotatable bonds is 10. The van der Waals surface area contributed by atoms with Crippen LogP contribution in [0.4, 0.5) is 17.1 Å². The van der Waals surface area contributed by atoms with E-state index < -0.39 is 22.0 Å². The Morgan fingerprint density at radius 2 is 1.53 bits per heavy atom. The van der Waals surface area contributed by atoms with E-state index in [1.54, 1.807) is 73.7 Å². The van der Waals surface area contributed by atoms with E-state index in [0.717, 1.165) is 10.5 Å². The number of hydrogen-bond acceptors (Lipinski definition) is 6. The van der Waals surface area contributed by atoms with E-state index in [4.69, 9.17) is 11.6 Å². The third-order valence-electron chi connectivity index (χ3n) is 6.18. The summed E-state index contributed by atoms with van der Waals surface area (Å²) in [5.41, 5.74) is 2.68. The number of amides is 3. The Kier molecular flexibility index (Phi) is 10.3. The second-order valence-electron chi connectivity index (χ2n) is 9.42. The number of non-ortho nitro benzene ring substituents is 1. The quantitative estimate of drug-likeness (QED) is 0.0757. The molecule has 0 spiro atoms. The topological polar surface area (TPSA) is 130 Å². The van der Waals surface area contributed by atoms with E-state index in [9.17, 15) is 24.5 Å². The zero-order valence-corrected chi connectivity index (χ0v) is 24.7. The van der Waals surface area contributed by atoms with Crippen LogP contribution in [0.2, 0.25) is 5.02 Å². The number of benzene rings is 4. The van der Waals surface area contributed by atoms with Crippen molar-refractivity contribution in [2.45, 2.75) is 24.0 Å². The summed E-state index contributed by atoms with van der Waals surface area (Å²) in [4.78, 5) is 50.1. The average molecular weight is 615 g/mol. The summed E-state index contributed by atoms with van der Waals surface area (Å²) in [5.74, 6) is -1.26. The average Bonchev–Trinajstić information content (AvgIpc) is 3.00. The molecule has 43 heavy (non-hydrogen) atoms. The molecule has 218 valence electrons. The first-order chi connectivity index (χ1) is 20.6. The molecule has 0 radical (unpaired) electrons. The summed E-state index contributed by atoms with van der Waals surface area (Å²) >= 11 is 7.50. The van der Waals surface area contributed by atoms with Crippen molar-refractivity contribution >= 4 is 64.2 Å². The molecule has 0 fully saturated rings. The van der Waals surface area contributed by atoms with Crippen LogP contribution in [0.3, 0.4) is 0 Å². The minimum Gasteiger partial charge on any atom is -0.325 e. The summed E-state index contributed by atoms with van der Waals surface area (Å²) in [6, 6.07) is 26.3. The molecule has 1 atom stereocenters. The third-order valence-corrected chi connectivity index (χ3v) is 7.70. The highest BCUT2D eigenvalue weighted by Gasteiger charge is 2.17. The van der Waals surface area contributed by atoms with E-state index in [0.29, 0.717) is 27.5 Å². The molecule has 4 aromatic rings. The molecular formula is C32H27ClN4O5S. The number of anilines is 2.